The maximum absolute atomic E-state index is 10.1. The Balaban J connectivity index is 2.28. The van der Waals surface area contributed by atoms with E-state index in [0.717, 1.165) is 12.8 Å². The molecule has 1 saturated carbocycles. The molecule has 28 heavy (non-hydrogen) atoms. The maximum Gasteiger partial charge on any atom is 0.0727 e. The van der Waals surface area contributed by atoms with E-state index in [1.807, 2.05) is 0 Å². The highest BCUT2D eigenvalue weighted by molar-refractivity contribution is 5.09. The molecule has 0 aromatic heterocycles. The van der Waals surface area contributed by atoms with Crippen molar-refractivity contribution in [1.82, 2.24) is 0 Å². The van der Waals surface area contributed by atoms with E-state index in [0.29, 0.717) is 5.92 Å². The number of nitriles is 1. The Morgan fingerprint density at radius 1 is 0.714 bits per heavy atom. The van der Waals surface area contributed by atoms with E-state index in [9.17, 15) is 5.26 Å². The molecule has 0 aromatic rings. The molecule has 164 valence electrons. The zero-order chi connectivity index (χ0) is 20.5. The Labute approximate surface area is 177 Å². The molecule has 0 saturated heterocycles. The van der Waals surface area contributed by atoms with Gasteiger partial charge in [-0.1, -0.05) is 117 Å². The minimum Gasteiger partial charge on any atom is -0.326 e. The van der Waals surface area contributed by atoms with Crippen LogP contribution in [0.15, 0.2) is 0 Å². The molecular weight excluding hydrogens is 340 g/mol. The summed E-state index contributed by atoms with van der Waals surface area (Å²) in [6, 6.07) is 2.87. The van der Waals surface area contributed by atoms with Gasteiger partial charge in [-0.15, -0.1) is 0 Å². The predicted octanol–water partition coefficient (Wildman–Crippen LogP) is 8.30. The molecule has 0 radical (unpaired) electrons. The van der Waals surface area contributed by atoms with Crippen LogP contribution >= 0.6 is 0 Å². The number of hydrogen-bond donors (Lipinski definition) is 1. The molecule has 2 heteroatoms. The van der Waals surface area contributed by atoms with E-state index >= 15 is 0 Å². The third-order valence-corrected chi connectivity index (χ3v) is 6.94. The van der Waals surface area contributed by atoms with E-state index in [1.165, 1.54) is 116 Å². The monoisotopic (exact) mass is 390 g/mol. The van der Waals surface area contributed by atoms with Crippen LogP contribution in [0.1, 0.15) is 142 Å². The average molecular weight is 391 g/mol. The van der Waals surface area contributed by atoms with Gasteiger partial charge in [-0.3, -0.25) is 0 Å². The second-order valence-electron chi connectivity index (χ2n) is 9.58. The fraction of sp³-hybridized carbons (Fsp3) is 0.962. The van der Waals surface area contributed by atoms with Crippen molar-refractivity contribution >= 4 is 0 Å². The lowest BCUT2D eigenvalue weighted by molar-refractivity contribution is 0.230. The summed E-state index contributed by atoms with van der Waals surface area (Å²) >= 11 is 0. The van der Waals surface area contributed by atoms with Gasteiger partial charge < -0.3 is 5.73 Å². The summed E-state index contributed by atoms with van der Waals surface area (Å²) in [5.41, 5.74) is 6.39. The molecule has 0 amide bonds. The van der Waals surface area contributed by atoms with Gasteiger partial charge in [-0.2, -0.15) is 5.26 Å². The molecule has 2 N–H and O–H groups in total. The van der Waals surface area contributed by atoms with Crippen LogP contribution < -0.4 is 5.73 Å². The summed E-state index contributed by atoms with van der Waals surface area (Å²) in [5.74, 6) is 0.628. The van der Waals surface area contributed by atoms with E-state index in [-0.39, 0.29) is 11.5 Å². The van der Waals surface area contributed by atoms with Crippen LogP contribution in [0, 0.1) is 22.7 Å². The summed E-state index contributed by atoms with van der Waals surface area (Å²) < 4.78 is 0. The molecule has 2 nitrogen and oxygen atoms in total. The van der Waals surface area contributed by atoms with Gasteiger partial charge in [0, 0.05) is 6.04 Å². The van der Waals surface area contributed by atoms with E-state index in [2.05, 4.69) is 19.9 Å². The van der Waals surface area contributed by atoms with Crippen molar-refractivity contribution in [3.8, 4) is 6.07 Å². The first kappa shape index (κ1) is 25.5. The second-order valence-corrected chi connectivity index (χ2v) is 9.58. The fourth-order valence-electron chi connectivity index (χ4n) is 4.70. The minimum absolute atomic E-state index is 0.117. The number of hydrogen-bond acceptors (Lipinski definition) is 2. The molecule has 1 unspecified atom stereocenters. The Bertz CT molecular complexity index is 374. The Morgan fingerprint density at radius 3 is 1.39 bits per heavy atom. The molecule has 0 aliphatic heterocycles. The highest BCUT2D eigenvalue weighted by Gasteiger charge is 2.44. The lowest BCUT2D eigenvalue weighted by Gasteiger charge is -2.33. The molecule has 0 heterocycles. The number of nitrogens with zero attached hydrogens (tertiary/aromatic N) is 1. The average Bonchev–Trinajstić information content (AvgIpc) is 3.55. The Kier molecular flexibility index (Phi) is 14.8. The van der Waals surface area contributed by atoms with Gasteiger partial charge in [0.15, 0.2) is 0 Å². The summed E-state index contributed by atoms with van der Waals surface area (Å²) in [6.45, 7) is 4.55. The zero-order valence-electron chi connectivity index (χ0n) is 19.3. The zero-order valence-corrected chi connectivity index (χ0v) is 19.3. The van der Waals surface area contributed by atoms with Crippen LogP contribution in [0.3, 0.4) is 0 Å². The SMILES string of the molecule is CCCCCCCCCCC(C#N)(CCCCCCCCCC)C(N)C1CC1. The summed E-state index contributed by atoms with van der Waals surface area (Å²) in [7, 11) is 0. The Hall–Kier alpha value is -0.550. The first-order valence-corrected chi connectivity index (χ1v) is 12.9. The number of nitrogens with two attached hydrogens (primary N) is 1. The Morgan fingerprint density at radius 2 is 1.07 bits per heavy atom. The quantitative estimate of drug-likeness (QED) is 0.212. The van der Waals surface area contributed by atoms with Crippen LogP contribution in [0.5, 0.6) is 0 Å². The van der Waals surface area contributed by atoms with Crippen LogP contribution in [-0.4, -0.2) is 6.04 Å². The van der Waals surface area contributed by atoms with Crippen molar-refractivity contribution in [1.29, 1.82) is 5.26 Å². The predicted molar refractivity (Wildman–Crippen MR) is 123 cm³/mol. The van der Waals surface area contributed by atoms with Crippen LogP contribution in [-0.2, 0) is 0 Å². The molecule has 1 atom stereocenters. The van der Waals surface area contributed by atoms with Gasteiger partial charge in [0.25, 0.3) is 0 Å². The van der Waals surface area contributed by atoms with Crippen molar-refractivity contribution < 1.29 is 0 Å². The van der Waals surface area contributed by atoms with Crippen molar-refractivity contribution in [3.05, 3.63) is 0 Å². The number of unbranched alkanes of at least 4 members (excludes halogenated alkanes) is 14. The molecule has 1 aliphatic rings. The second kappa shape index (κ2) is 16.3. The van der Waals surface area contributed by atoms with E-state index in [1.54, 1.807) is 0 Å². The van der Waals surface area contributed by atoms with Crippen molar-refractivity contribution in [2.24, 2.45) is 17.1 Å². The maximum atomic E-state index is 10.1. The van der Waals surface area contributed by atoms with Crippen molar-refractivity contribution in [2.45, 2.75) is 148 Å². The summed E-state index contributed by atoms with van der Waals surface area (Å²) in [6.07, 6.45) is 25.9. The normalized spacial score (nSPS) is 15.5. The molecule has 0 spiro atoms. The molecule has 0 aromatic carbocycles. The third-order valence-electron chi connectivity index (χ3n) is 6.94. The standard InChI is InChI=1S/C26H50N2/c1-3-5-7-9-11-13-15-17-21-26(23-27,25(28)24-19-20-24)22-18-16-14-12-10-8-6-4-2/h24-25H,3-22,28H2,1-2H3. The van der Waals surface area contributed by atoms with Crippen molar-refractivity contribution in [3.63, 3.8) is 0 Å². The topological polar surface area (TPSA) is 49.8 Å². The summed E-state index contributed by atoms with van der Waals surface area (Å²) in [4.78, 5) is 0. The van der Waals surface area contributed by atoms with E-state index in [4.69, 9.17) is 5.73 Å². The van der Waals surface area contributed by atoms with Gasteiger partial charge in [-0.25, -0.2) is 0 Å². The molecule has 1 rings (SSSR count). The minimum atomic E-state index is -0.244. The van der Waals surface area contributed by atoms with Crippen LogP contribution in [0.25, 0.3) is 0 Å². The first-order valence-electron chi connectivity index (χ1n) is 12.9. The number of rotatable bonds is 20. The molecule has 0 bridgehead atoms. The smallest absolute Gasteiger partial charge is 0.0727 e. The largest absolute Gasteiger partial charge is 0.326 e. The lowest BCUT2D eigenvalue weighted by atomic mass is 9.72. The molecular formula is C26H50N2. The van der Waals surface area contributed by atoms with Gasteiger partial charge in [0.2, 0.25) is 0 Å². The van der Waals surface area contributed by atoms with Gasteiger partial charge in [0.05, 0.1) is 11.5 Å². The third kappa shape index (κ3) is 10.8. The van der Waals surface area contributed by atoms with Crippen LogP contribution in [0.2, 0.25) is 0 Å². The summed E-state index contributed by atoms with van der Waals surface area (Å²) in [5, 5.41) is 10.1. The van der Waals surface area contributed by atoms with Gasteiger partial charge in [0.1, 0.15) is 0 Å². The van der Waals surface area contributed by atoms with E-state index < -0.39 is 0 Å². The van der Waals surface area contributed by atoms with Gasteiger partial charge >= 0.3 is 0 Å². The van der Waals surface area contributed by atoms with Crippen molar-refractivity contribution in [2.75, 3.05) is 0 Å². The van der Waals surface area contributed by atoms with Crippen LogP contribution in [0.4, 0.5) is 0 Å². The van der Waals surface area contributed by atoms with Gasteiger partial charge in [-0.05, 0) is 31.6 Å². The highest BCUT2D eigenvalue weighted by Crippen LogP contribution is 2.44. The molecule has 1 fully saturated rings. The first-order chi connectivity index (χ1) is 13.7. The molecule has 1 aliphatic carbocycles. The lowest BCUT2D eigenvalue weighted by Crippen LogP contribution is -2.42. The fourth-order valence-corrected chi connectivity index (χ4v) is 4.70. The highest BCUT2D eigenvalue weighted by atomic mass is 14.7.